The summed E-state index contributed by atoms with van der Waals surface area (Å²) in [5, 5.41) is 0.215. The molecule has 0 fully saturated rings. The van der Waals surface area contributed by atoms with E-state index in [1.165, 1.54) is 4.31 Å². The average molecular weight is 378 g/mol. The summed E-state index contributed by atoms with van der Waals surface area (Å²) < 4.78 is 39.9. The first-order valence-corrected chi connectivity index (χ1v) is 9.35. The van der Waals surface area contributed by atoms with Gasteiger partial charge in [0, 0.05) is 18.4 Å². The van der Waals surface area contributed by atoms with E-state index >= 15 is 0 Å². The normalized spacial score (nSPS) is 13.3. The van der Waals surface area contributed by atoms with Gasteiger partial charge in [-0.15, -0.1) is 6.58 Å². The van der Waals surface area contributed by atoms with Crippen LogP contribution in [0.5, 0.6) is 0 Å². The van der Waals surface area contributed by atoms with E-state index in [0.717, 1.165) is 5.56 Å². The lowest BCUT2D eigenvalue weighted by molar-refractivity contribution is 0.308. The predicted octanol–water partition coefficient (Wildman–Crippen LogP) is 3.68. The second-order valence-electron chi connectivity index (χ2n) is 4.83. The topological polar surface area (TPSA) is 37.4 Å². The highest BCUT2D eigenvalue weighted by atomic mass is 79.9. The van der Waals surface area contributed by atoms with E-state index < -0.39 is 16.2 Å². The minimum Gasteiger partial charge on any atom is -0.247 e. The van der Waals surface area contributed by atoms with Crippen LogP contribution in [-0.2, 0) is 10.0 Å². The molecule has 3 nitrogen and oxygen atoms in total. The van der Waals surface area contributed by atoms with Crippen LogP contribution in [0.1, 0.15) is 18.4 Å². The standard InChI is InChI=1S/C15H21BrFNO2S/c1-3-4-10-18(11-9-14(17)12-16)21(19,20)15-7-5-13(2)6-8-15/h3,5-8,14H,1,4,9-12H2,2H3. The number of benzene rings is 1. The molecule has 0 saturated heterocycles. The van der Waals surface area contributed by atoms with Crippen molar-refractivity contribution in [3.05, 3.63) is 42.5 Å². The molecule has 6 heteroatoms. The number of halogens is 2. The molecule has 0 heterocycles. The minimum atomic E-state index is -3.59. The Morgan fingerprint density at radius 2 is 1.95 bits per heavy atom. The highest BCUT2D eigenvalue weighted by molar-refractivity contribution is 9.09. The number of hydrogen-bond acceptors (Lipinski definition) is 2. The maximum Gasteiger partial charge on any atom is 0.243 e. The fourth-order valence-electron chi connectivity index (χ4n) is 1.81. The molecule has 0 aromatic heterocycles. The molecule has 0 N–H and O–H groups in total. The van der Waals surface area contributed by atoms with E-state index in [2.05, 4.69) is 22.5 Å². The summed E-state index contributed by atoms with van der Waals surface area (Å²) in [5.41, 5.74) is 0.995. The average Bonchev–Trinajstić information content (AvgIpc) is 2.47. The Morgan fingerprint density at radius 1 is 1.33 bits per heavy atom. The zero-order valence-electron chi connectivity index (χ0n) is 12.1. The Hall–Kier alpha value is -0.720. The second-order valence-corrected chi connectivity index (χ2v) is 7.42. The smallest absolute Gasteiger partial charge is 0.243 e. The zero-order valence-corrected chi connectivity index (χ0v) is 14.5. The molecule has 1 aromatic rings. The zero-order chi connectivity index (χ0) is 15.9. The van der Waals surface area contributed by atoms with Gasteiger partial charge in [-0.3, -0.25) is 0 Å². The molecule has 0 bridgehead atoms. The number of rotatable bonds is 9. The van der Waals surface area contributed by atoms with Gasteiger partial charge in [0.1, 0.15) is 6.17 Å². The van der Waals surface area contributed by atoms with Gasteiger partial charge in [-0.05, 0) is 31.9 Å². The summed E-state index contributed by atoms with van der Waals surface area (Å²) in [4.78, 5) is 0.242. The van der Waals surface area contributed by atoms with Crippen molar-refractivity contribution in [2.24, 2.45) is 0 Å². The van der Waals surface area contributed by atoms with E-state index in [0.29, 0.717) is 13.0 Å². The maximum absolute atomic E-state index is 13.4. The summed E-state index contributed by atoms with van der Waals surface area (Å²) in [6.07, 6.45) is 1.32. The van der Waals surface area contributed by atoms with Gasteiger partial charge in [0.25, 0.3) is 0 Å². The molecule has 0 aliphatic rings. The maximum atomic E-state index is 13.4. The Balaban J connectivity index is 2.93. The third kappa shape index (κ3) is 5.52. The van der Waals surface area contributed by atoms with Crippen molar-refractivity contribution < 1.29 is 12.8 Å². The van der Waals surface area contributed by atoms with Gasteiger partial charge in [-0.2, -0.15) is 4.31 Å². The molecule has 1 rings (SSSR count). The van der Waals surface area contributed by atoms with Crippen molar-refractivity contribution >= 4 is 26.0 Å². The van der Waals surface area contributed by atoms with Crippen LogP contribution in [0.15, 0.2) is 41.8 Å². The third-order valence-electron chi connectivity index (χ3n) is 3.10. The Morgan fingerprint density at radius 3 is 2.48 bits per heavy atom. The summed E-state index contributed by atoms with van der Waals surface area (Å²) in [6.45, 7) is 5.98. The Bertz CT molecular complexity index is 545. The van der Waals surface area contributed by atoms with Crippen LogP contribution in [0.3, 0.4) is 0 Å². The Labute approximate surface area is 135 Å². The van der Waals surface area contributed by atoms with E-state index in [4.69, 9.17) is 0 Å². The lowest BCUT2D eigenvalue weighted by Crippen LogP contribution is -2.34. The monoisotopic (exact) mass is 377 g/mol. The van der Waals surface area contributed by atoms with Gasteiger partial charge in [-0.25, -0.2) is 12.8 Å². The summed E-state index contributed by atoms with van der Waals surface area (Å²) >= 11 is 3.06. The molecule has 0 aliphatic carbocycles. The minimum absolute atomic E-state index is 0.164. The number of hydrogen-bond donors (Lipinski definition) is 0. The number of nitrogens with zero attached hydrogens (tertiary/aromatic N) is 1. The highest BCUT2D eigenvalue weighted by Gasteiger charge is 2.24. The molecule has 0 spiro atoms. The lowest BCUT2D eigenvalue weighted by Gasteiger charge is -2.22. The van der Waals surface area contributed by atoms with Crippen molar-refractivity contribution in [3.8, 4) is 0 Å². The molecule has 0 radical (unpaired) electrons. The van der Waals surface area contributed by atoms with Gasteiger partial charge < -0.3 is 0 Å². The van der Waals surface area contributed by atoms with Crippen LogP contribution >= 0.6 is 15.9 Å². The first kappa shape index (κ1) is 18.3. The fourth-order valence-corrected chi connectivity index (χ4v) is 3.60. The van der Waals surface area contributed by atoms with Crippen LogP contribution in [-0.4, -0.2) is 37.3 Å². The van der Waals surface area contributed by atoms with Crippen LogP contribution in [0.25, 0.3) is 0 Å². The van der Waals surface area contributed by atoms with Crippen LogP contribution < -0.4 is 0 Å². The molecule has 118 valence electrons. The quantitative estimate of drug-likeness (QED) is 0.486. The van der Waals surface area contributed by atoms with Gasteiger partial charge >= 0.3 is 0 Å². The fraction of sp³-hybridized carbons (Fsp3) is 0.467. The van der Waals surface area contributed by atoms with E-state index in [1.54, 1.807) is 30.3 Å². The number of sulfonamides is 1. The van der Waals surface area contributed by atoms with Crippen molar-refractivity contribution in [2.75, 3.05) is 18.4 Å². The second kappa shape index (κ2) is 8.66. The predicted molar refractivity (Wildman–Crippen MR) is 88.1 cm³/mol. The van der Waals surface area contributed by atoms with Crippen LogP contribution in [0.4, 0.5) is 4.39 Å². The highest BCUT2D eigenvalue weighted by Crippen LogP contribution is 2.18. The largest absolute Gasteiger partial charge is 0.247 e. The molecule has 1 atom stereocenters. The SMILES string of the molecule is C=CCCN(CCC(F)CBr)S(=O)(=O)c1ccc(C)cc1. The molecular weight excluding hydrogens is 357 g/mol. The van der Waals surface area contributed by atoms with Crippen molar-refractivity contribution in [1.82, 2.24) is 4.31 Å². The molecule has 1 aromatic carbocycles. The van der Waals surface area contributed by atoms with E-state index in [-0.39, 0.29) is 23.2 Å². The summed E-state index contributed by atoms with van der Waals surface area (Å²) in [7, 11) is -3.59. The molecule has 0 aliphatic heterocycles. The molecule has 21 heavy (non-hydrogen) atoms. The van der Waals surface area contributed by atoms with Gasteiger partial charge in [0.15, 0.2) is 0 Å². The number of alkyl halides is 2. The van der Waals surface area contributed by atoms with E-state index in [1.807, 2.05) is 6.92 Å². The summed E-state index contributed by atoms with van der Waals surface area (Å²) in [5.74, 6) is 0. The first-order chi connectivity index (χ1) is 9.91. The molecule has 1 unspecified atom stereocenters. The molecular formula is C15H21BrFNO2S. The van der Waals surface area contributed by atoms with Gasteiger partial charge in [0.2, 0.25) is 10.0 Å². The summed E-state index contributed by atoms with van der Waals surface area (Å²) in [6, 6.07) is 6.69. The van der Waals surface area contributed by atoms with Gasteiger partial charge in [-0.1, -0.05) is 39.7 Å². The van der Waals surface area contributed by atoms with Crippen LogP contribution in [0.2, 0.25) is 0 Å². The van der Waals surface area contributed by atoms with E-state index in [9.17, 15) is 12.8 Å². The molecule has 0 amide bonds. The third-order valence-corrected chi connectivity index (χ3v) is 5.72. The van der Waals surface area contributed by atoms with Crippen molar-refractivity contribution in [3.63, 3.8) is 0 Å². The number of aryl methyl sites for hydroxylation is 1. The lowest BCUT2D eigenvalue weighted by atomic mass is 10.2. The van der Waals surface area contributed by atoms with Crippen molar-refractivity contribution in [2.45, 2.75) is 30.8 Å². The molecule has 0 saturated carbocycles. The van der Waals surface area contributed by atoms with Crippen molar-refractivity contribution in [1.29, 1.82) is 0 Å². The van der Waals surface area contributed by atoms with Gasteiger partial charge in [0.05, 0.1) is 4.90 Å². The van der Waals surface area contributed by atoms with Crippen LogP contribution in [0, 0.1) is 6.92 Å². The Kier molecular flexibility index (Phi) is 7.56. The first-order valence-electron chi connectivity index (χ1n) is 6.79.